The quantitative estimate of drug-likeness (QED) is 0.160. The fourth-order valence-corrected chi connectivity index (χ4v) is 11.2. The molecule has 250 valence electrons. The van der Waals surface area contributed by atoms with Crippen LogP contribution >= 0.6 is 22.7 Å². The molecule has 0 spiro atoms. The Bertz CT molecular complexity index is 3450. The molecule has 0 bridgehead atoms. The van der Waals surface area contributed by atoms with Gasteiger partial charge >= 0.3 is 0 Å². The third-order valence-electron chi connectivity index (χ3n) is 11.4. The minimum absolute atomic E-state index is 1.23. The summed E-state index contributed by atoms with van der Waals surface area (Å²) in [6.07, 6.45) is 0. The van der Waals surface area contributed by atoms with E-state index in [9.17, 15) is 0 Å². The normalized spacial score (nSPS) is 12.1. The Morgan fingerprint density at radius 2 is 0.815 bits per heavy atom. The summed E-state index contributed by atoms with van der Waals surface area (Å²) < 4.78 is 5.41. The maximum absolute atomic E-state index is 2.44. The number of thiophene rings is 2. The van der Waals surface area contributed by atoms with Crippen molar-refractivity contribution in [2.24, 2.45) is 0 Å². The van der Waals surface area contributed by atoms with E-state index in [0.717, 1.165) is 0 Å². The lowest BCUT2D eigenvalue weighted by atomic mass is 9.85. The van der Waals surface area contributed by atoms with Crippen LogP contribution in [0, 0.1) is 0 Å². The van der Waals surface area contributed by atoms with Gasteiger partial charge in [0, 0.05) is 45.7 Å². The van der Waals surface area contributed by atoms with Gasteiger partial charge in [-0.3, -0.25) is 0 Å². The minimum Gasteiger partial charge on any atom is -0.135 e. The van der Waals surface area contributed by atoms with Crippen LogP contribution in [0.4, 0.5) is 0 Å². The van der Waals surface area contributed by atoms with E-state index in [2.05, 4.69) is 182 Å². The van der Waals surface area contributed by atoms with E-state index in [1.54, 1.807) is 0 Å². The highest BCUT2D eigenvalue weighted by Crippen LogP contribution is 2.46. The SMILES string of the molecule is c1cc(-c2ccc3sc4cc5c(ccc6c7ccccc7sc56)cc4c3c2)cc(-c2c3ccccc3c(-c3ccc4ccccc4c3)c3ccccc23)c1. The Morgan fingerprint density at radius 3 is 1.59 bits per heavy atom. The maximum atomic E-state index is 2.44. The molecule has 0 aliphatic heterocycles. The standard InChI is InChI=1S/C52H30S2/c1-2-11-32-26-37(21-20-31(32)10-1)51-41-17-5-3-15-39(41)50(40-16-4-6-18-42(40)51)36-13-9-12-33(27-36)34-23-25-48-45(28-34)46-29-35-22-24-43-38-14-7-8-19-47(38)54-52(43)44(35)30-49(46)53-48/h1-30H. The highest BCUT2D eigenvalue weighted by atomic mass is 32.1. The van der Waals surface area contributed by atoms with E-state index in [-0.39, 0.29) is 0 Å². The first-order valence-corrected chi connectivity index (χ1v) is 20.1. The maximum Gasteiger partial charge on any atom is 0.0434 e. The number of hydrogen-bond donors (Lipinski definition) is 0. The average Bonchev–Trinajstić information content (AvgIpc) is 3.79. The summed E-state index contributed by atoms with van der Waals surface area (Å²) in [7, 11) is 0. The summed E-state index contributed by atoms with van der Waals surface area (Å²) >= 11 is 3.81. The number of rotatable bonds is 3. The highest BCUT2D eigenvalue weighted by molar-refractivity contribution is 7.27. The predicted octanol–water partition coefficient (Wildman–Crippen LogP) is 16.0. The molecule has 2 heteroatoms. The van der Waals surface area contributed by atoms with Gasteiger partial charge in [-0.25, -0.2) is 0 Å². The first-order valence-electron chi connectivity index (χ1n) is 18.5. The summed E-state index contributed by atoms with van der Waals surface area (Å²) in [6, 6.07) is 67.9. The Kier molecular flexibility index (Phi) is 6.48. The third kappa shape index (κ3) is 4.48. The Morgan fingerprint density at radius 1 is 0.241 bits per heavy atom. The molecule has 54 heavy (non-hydrogen) atoms. The van der Waals surface area contributed by atoms with Crippen LogP contribution in [0.15, 0.2) is 182 Å². The Balaban J connectivity index is 1.02. The monoisotopic (exact) mass is 718 g/mol. The van der Waals surface area contributed by atoms with Gasteiger partial charge in [0.15, 0.2) is 0 Å². The summed E-state index contributed by atoms with van der Waals surface area (Å²) in [6.45, 7) is 0. The predicted molar refractivity (Wildman–Crippen MR) is 239 cm³/mol. The van der Waals surface area contributed by atoms with Gasteiger partial charge in [-0.15, -0.1) is 22.7 Å². The fraction of sp³-hybridized carbons (Fsp3) is 0. The van der Waals surface area contributed by atoms with Crippen LogP contribution in [0.2, 0.25) is 0 Å². The van der Waals surface area contributed by atoms with Gasteiger partial charge in [-0.2, -0.15) is 0 Å². The molecular weight excluding hydrogens is 689 g/mol. The molecule has 0 atom stereocenters. The number of hydrogen-bond acceptors (Lipinski definition) is 2. The van der Waals surface area contributed by atoms with Gasteiger partial charge in [-0.1, -0.05) is 140 Å². The molecule has 0 radical (unpaired) electrons. The molecule has 0 fully saturated rings. The number of benzene rings is 10. The molecule has 0 unspecified atom stereocenters. The topological polar surface area (TPSA) is 0 Å². The van der Waals surface area contributed by atoms with Crippen molar-refractivity contribution < 1.29 is 0 Å². The molecule has 2 heterocycles. The van der Waals surface area contributed by atoms with Crippen LogP contribution < -0.4 is 0 Å². The van der Waals surface area contributed by atoms with Crippen molar-refractivity contribution in [2.75, 3.05) is 0 Å². The molecular formula is C52H30S2. The van der Waals surface area contributed by atoms with Crippen LogP contribution in [-0.4, -0.2) is 0 Å². The molecule has 2 aromatic heterocycles. The lowest BCUT2D eigenvalue weighted by Crippen LogP contribution is -1.91. The fourth-order valence-electron chi connectivity index (χ4n) is 8.91. The summed E-state index contributed by atoms with van der Waals surface area (Å²) in [4.78, 5) is 0. The zero-order chi connectivity index (χ0) is 35.3. The molecule has 12 rings (SSSR count). The van der Waals surface area contributed by atoms with Crippen LogP contribution in [0.3, 0.4) is 0 Å². The van der Waals surface area contributed by atoms with Crippen molar-refractivity contribution in [3.05, 3.63) is 182 Å². The van der Waals surface area contributed by atoms with Gasteiger partial charge < -0.3 is 0 Å². The third-order valence-corrected chi connectivity index (χ3v) is 13.8. The van der Waals surface area contributed by atoms with E-state index < -0.39 is 0 Å². The Hall–Kier alpha value is -6.32. The molecule has 0 saturated carbocycles. The van der Waals surface area contributed by atoms with E-state index in [4.69, 9.17) is 0 Å². The van der Waals surface area contributed by atoms with Gasteiger partial charge in [0.25, 0.3) is 0 Å². The van der Waals surface area contributed by atoms with Crippen molar-refractivity contribution in [2.45, 2.75) is 0 Å². The zero-order valence-corrected chi connectivity index (χ0v) is 30.8. The average molecular weight is 719 g/mol. The lowest BCUT2D eigenvalue weighted by Gasteiger charge is -2.18. The second-order valence-electron chi connectivity index (χ2n) is 14.4. The smallest absolute Gasteiger partial charge is 0.0434 e. The largest absolute Gasteiger partial charge is 0.135 e. The van der Waals surface area contributed by atoms with E-state index in [0.29, 0.717) is 0 Å². The van der Waals surface area contributed by atoms with Crippen molar-refractivity contribution in [3.63, 3.8) is 0 Å². The van der Waals surface area contributed by atoms with Crippen LogP contribution in [-0.2, 0) is 0 Å². The van der Waals surface area contributed by atoms with Crippen LogP contribution in [0.25, 0.3) is 117 Å². The summed E-state index contributed by atoms with van der Waals surface area (Å²) in [5, 5.41) is 15.7. The van der Waals surface area contributed by atoms with Gasteiger partial charge in [0.1, 0.15) is 0 Å². The Labute approximate surface area is 319 Å². The van der Waals surface area contributed by atoms with Crippen LogP contribution in [0.1, 0.15) is 0 Å². The zero-order valence-electron chi connectivity index (χ0n) is 29.1. The van der Waals surface area contributed by atoms with Crippen molar-refractivity contribution in [1.82, 2.24) is 0 Å². The molecule has 0 saturated heterocycles. The molecule has 12 aromatic rings. The molecule has 0 aliphatic carbocycles. The molecule has 10 aromatic carbocycles. The summed E-state index contributed by atoms with van der Waals surface area (Å²) in [5.41, 5.74) is 7.53. The van der Waals surface area contributed by atoms with Crippen molar-refractivity contribution in [3.8, 4) is 33.4 Å². The van der Waals surface area contributed by atoms with E-state index in [1.165, 1.54) is 117 Å². The van der Waals surface area contributed by atoms with Gasteiger partial charge in [0.05, 0.1) is 0 Å². The van der Waals surface area contributed by atoms with Gasteiger partial charge in [-0.05, 0) is 114 Å². The second kappa shape index (κ2) is 11.6. The van der Waals surface area contributed by atoms with Crippen molar-refractivity contribution >= 4 is 106 Å². The number of fused-ring (bicyclic) bond motifs is 11. The second-order valence-corrected chi connectivity index (χ2v) is 16.5. The van der Waals surface area contributed by atoms with Crippen LogP contribution in [0.5, 0.6) is 0 Å². The first kappa shape index (κ1) is 30.2. The highest BCUT2D eigenvalue weighted by Gasteiger charge is 2.18. The molecule has 0 amide bonds. The van der Waals surface area contributed by atoms with Gasteiger partial charge in [0.2, 0.25) is 0 Å². The minimum atomic E-state index is 1.23. The first-order chi connectivity index (χ1) is 26.7. The van der Waals surface area contributed by atoms with E-state index in [1.807, 2.05) is 22.7 Å². The lowest BCUT2D eigenvalue weighted by molar-refractivity contribution is 1.63. The summed E-state index contributed by atoms with van der Waals surface area (Å²) in [5.74, 6) is 0. The van der Waals surface area contributed by atoms with Crippen molar-refractivity contribution in [1.29, 1.82) is 0 Å². The molecule has 0 N–H and O–H groups in total. The molecule has 0 nitrogen and oxygen atoms in total. The van der Waals surface area contributed by atoms with E-state index >= 15 is 0 Å². The molecule has 0 aliphatic rings.